The number of nitrogens with one attached hydrogen (secondary N) is 2. The van der Waals surface area contributed by atoms with Crippen LogP contribution in [0.3, 0.4) is 0 Å². The fraction of sp³-hybridized carbons (Fsp3) is 0.286. The molecule has 0 saturated carbocycles. The van der Waals surface area contributed by atoms with Crippen molar-refractivity contribution in [3.8, 4) is 0 Å². The molecular weight excluding hydrogens is 227 g/mol. The SMILES string of the molecule is N=CN(Cc1cc(C(F)(F)F)n[nH]1)C(N)=O. The molecule has 0 aliphatic heterocycles. The van der Waals surface area contributed by atoms with Crippen molar-refractivity contribution in [1.82, 2.24) is 15.1 Å². The summed E-state index contributed by atoms with van der Waals surface area (Å²) in [5, 5.41) is 12.0. The zero-order valence-electron chi connectivity index (χ0n) is 7.88. The molecule has 0 saturated heterocycles. The Balaban J connectivity index is 2.79. The molecule has 1 heterocycles. The summed E-state index contributed by atoms with van der Waals surface area (Å²) in [6.07, 6.45) is -3.92. The van der Waals surface area contributed by atoms with Crippen LogP contribution in [0.2, 0.25) is 0 Å². The third-order valence-corrected chi connectivity index (χ3v) is 1.70. The number of aromatic amines is 1. The largest absolute Gasteiger partial charge is 0.435 e. The van der Waals surface area contributed by atoms with Crippen LogP contribution in [0.15, 0.2) is 6.07 Å². The summed E-state index contributed by atoms with van der Waals surface area (Å²) in [5.41, 5.74) is 3.82. The van der Waals surface area contributed by atoms with E-state index in [1.807, 2.05) is 0 Å². The lowest BCUT2D eigenvalue weighted by Crippen LogP contribution is -2.33. The molecule has 16 heavy (non-hydrogen) atoms. The number of H-pyrrole nitrogens is 1. The highest BCUT2D eigenvalue weighted by Gasteiger charge is 2.33. The molecule has 0 aliphatic carbocycles. The van der Waals surface area contributed by atoms with Crippen molar-refractivity contribution >= 4 is 12.4 Å². The first-order chi connectivity index (χ1) is 7.34. The number of aromatic nitrogens is 2. The van der Waals surface area contributed by atoms with E-state index in [2.05, 4.69) is 10.2 Å². The van der Waals surface area contributed by atoms with Crippen molar-refractivity contribution < 1.29 is 18.0 Å². The van der Waals surface area contributed by atoms with Gasteiger partial charge in [0.2, 0.25) is 0 Å². The number of hydrogen-bond donors (Lipinski definition) is 3. The average Bonchev–Trinajstić information content (AvgIpc) is 2.61. The maximum Gasteiger partial charge on any atom is 0.435 e. The summed E-state index contributed by atoms with van der Waals surface area (Å²) in [7, 11) is 0. The van der Waals surface area contributed by atoms with Crippen molar-refractivity contribution in [3.63, 3.8) is 0 Å². The molecule has 0 spiro atoms. The van der Waals surface area contributed by atoms with E-state index in [0.717, 1.165) is 11.0 Å². The van der Waals surface area contributed by atoms with E-state index in [4.69, 9.17) is 11.1 Å². The molecule has 0 fully saturated rings. The van der Waals surface area contributed by atoms with Gasteiger partial charge in [0.25, 0.3) is 0 Å². The minimum absolute atomic E-state index is 0.0367. The normalized spacial score (nSPS) is 11.2. The highest BCUT2D eigenvalue weighted by molar-refractivity contribution is 5.83. The topological polar surface area (TPSA) is 98.9 Å². The molecule has 0 bridgehead atoms. The number of nitrogens with zero attached hydrogens (tertiary/aromatic N) is 2. The predicted octanol–water partition coefficient (Wildman–Crippen LogP) is 0.916. The van der Waals surface area contributed by atoms with Crippen molar-refractivity contribution in [3.05, 3.63) is 17.5 Å². The van der Waals surface area contributed by atoms with Crippen LogP contribution in [-0.4, -0.2) is 27.5 Å². The lowest BCUT2D eigenvalue weighted by molar-refractivity contribution is -0.141. The van der Waals surface area contributed by atoms with Crippen molar-refractivity contribution in [2.45, 2.75) is 12.7 Å². The van der Waals surface area contributed by atoms with Gasteiger partial charge in [-0.15, -0.1) is 0 Å². The van der Waals surface area contributed by atoms with Gasteiger partial charge in [-0.2, -0.15) is 18.3 Å². The van der Waals surface area contributed by atoms with Crippen molar-refractivity contribution in [2.75, 3.05) is 0 Å². The second kappa shape index (κ2) is 4.21. The standard InChI is InChI=1S/C7H8F3N5O/c8-7(9,10)5-1-4(13-14-5)2-15(3-11)6(12)16/h1,3,11H,2H2,(H2,12,16)(H,13,14). The Morgan fingerprint density at radius 2 is 2.31 bits per heavy atom. The molecule has 1 aromatic rings. The molecule has 0 aliphatic rings. The quantitative estimate of drug-likeness (QED) is 0.536. The number of carbonyl (C=O) groups excluding carboxylic acids is 1. The van der Waals surface area contributed by atoms with E-state index in [1.54, 1.807) is 0 Å². The number of halogens is 3. The Morgan fingerprint density at radius 3 is 2.69 bits per heavy atom. The van der Waals surface area contributed by atoms with Crippen LogP contribution >= 0.6 is 0 Å². The highest BCUT2D eigenvalue weighted by atomic mass is 19.4. The number of urea groups is 1. The third-order valence-electron chi connectivity index (χ3n) is 1.70. The van der Waals surface area contributed by atoms with Crippen molar-refractivity contribution in [2.24, 2.45) is 5.73 Å². The Hall–Kier alpha value is -2.06. The van der Waals surface area contributed by atoms with Crippen LogP contribution in [0, 0.1) is 5.41 Å². The number of primary amides is 1. The Morgan fingerprint density at radius 1 is 1.69 bits per heavy atom. The Bertz CT molecular complexity index is 399. The fourth-order valence-electron chi connectivity index (χ4n) is 0.959. The van der Waals surface area contributed by atoms with Crippen molar-refractivity contribution in [1.29, 1.82) is 5.41 Å². The van der Waals surface area contributed by atoms with Gasteiger partial charge in [-0.3, -0.25) is 15.4 Å². The molecule has 9 heteroatoms. The second-order valence-corrected chi connectivity index (χ2v) is 2.87. The number of amides is 2. The fourth-order valence-corrected chi connectivity index (χ4v) is 0.959. The summed E-state index contributed by atoms with van der Waals surface area (Å²) in [4.78, 5) is 11.4. The van der Waals surface area contributed by atoms with Crippen LogP contribution in [0.25, 0.3) is 0 Å². The molecule has 0 unspecified atom stereocenters. The molecule has 2 amide bonds. The monoisotopic (exact) mass is 235 g/mol. The van der Waals surface area contributed by atoms with E-state index in [-0.39, 0.29) is 12.2 Å². The van der Waals surface area contributed by atoms with E-state index < -0.39 is 17.9 Å². The van der Waals surface area contributed by atoms with E-state index in [1.165, 1.54) is 0 Å². The van der Waals surface area contributed by atoms with Gasteiger partial charge < -0.3 is 5.73 Å². The summed E-state index contributed by atoms with van der Waals surface area (Å²) < 4.78 is 36.4. The summed E-state index contributed by atoms with van der Waals surface area (Å²) >= 11 is 0. The molecule has 1 rings (SSSR count). The Kier molecular flexibility index (Phi) is 3.16. The molecule has 0 radical (unpaired) electrons. The average molecular weight is 235 g/mol. The minimum atomic E-state index is -4.54. The molecule has 0 aromatic carbocycles. The van der Waals surface area contributed by atoms with Crippen LogP contribution in [0.5, 0.6) is 0 Å². The van der Waals surface area contributed by atoms with Gasteiger partial charge in [0.15, 0.2) is 5.69 Å². The van der Waals surface area contributed by atoms with Crippen LogP contribution in [0.4, 0.5) is 18.0 Å². The molecule has 0 atom stereocenters. The van der Waals surface area contributed by atoms with Gasteiger partial charge in [0, 0.05) is 0 Å². The van der Waals surface area contributed by atoms with E-state index in [9.17, 15) is 18.0 Å². The maximum atomic E-state index is 12.1. The summed E-state index contributed by atoms with van der Waals surface area (Å²) in [6.45, 7) is -0.262. The number of nitrogens with two attached hydrogens (primary N) is 1. The minimum Gasteiger partial charge on any atom is -0.351 e. The van der Waals surface area contributed by atoms with Gasteiger partial charge in [0.05, 0.1) is 18.6 Å². The zero-order valence-corrected chi connectivity index (χ0v) is 7.88. The summed E-state index contributed by atoms with van der Waals surface area (Å²) in [5.74, 6) is 0. The molecule has 88 valence electrons. The number of rotatable bonds is 3. The van der Waals surface area contributed by atoms with Gasteiger partial charge in [-0.05, 0) is 6.07 Å². The molecule has 6 nitrogen and oxygen atoms in total. The van der Waals surface area contributed by atoms with Gasteiger partial charge in [-0.25, -0.2) is 4.79 Å². The zero-order chi connectivity index (χ0) is 12.3. The predicted molar refractivity (Wildman–Crippen MR) is 47.5 cm³/mol. The third kappa shape index (κ3) is 2.72. The van der Waals surface area contributed by atoms with E-state index in [0.29, 0.717) is 6.34 Å². The van der Waals surface area contributed by atoms with Gasteiger partial charge in [-0.1, -0.05) is 0 Å². The number of hydrogen-bond acceptors (Lipinski definition) is 3. The number of carbonyl (C=O) groups is 1. The smallest absolute Gasteiger partial charge is 0.351 e. The number of alkyl halides is 3. The first-order valence-corrected chi connectivity index (χ1v) is 4.02. The Labute approximate surface area is 87.7 Å². The lowest BCUT2D eigenvalue weighted by atomic mass is 10.3. The molecule has 1 aromatic heterocycles. The molecule has 4 N–H and O–H groups in total. The van der Waals surface area contributed by atoms with Gasteiger partial charge in [0.1, 0.15) is 0 Å². The first kappa shape index (κ1) is 12.0. The summed E-state index contributed by atoms with van der Waals surface area (Å²) in [6, 6.07) is -0.183. The first-order valence-electron chi connectivity index (χ1n) is 4.02. The van der Waals surface area contributed by atoms with Crippen LogP contribution in [0.1, 0.15) is 11.4 Å². The second-order valence-electron chi connectivity index (χ2n) is 2.87. The van der Waals surface area contributed by atoms with E-state index >= 15 is 0 Å². The van der Waals surface area contributed by atoms with Gasteiger partial charge >= 0.3 is 12.2 Å². The van der Waals surface area contributed by atoms with Crippen LogP contribution in [-0.2, 0) is 12.7 Å². The lowest BCUT2D eigenvalue weighted by Gasteiger charge is -2.11. The maximum absolute atomic E-state index is 12.1. The molecular formula is C7H8F3N5O. The highest BCUT2D eigenvalue weighted by Crippen LogP contribution is 2.27. The van der Waals surface area contributed by atoms with Crippen LogP contribution < -0.4 is 5.73 Å².